The molecular weight excluding hydrogens is 324 g/mol. The van der Waals surface area contributed by atoms with E-state index in [1.165, 1.54) is 22.0 Å². The quantitative estimate of drug-likeness (QED) is 0.891. The zero-order chi connectivity index (χ0) is 18.3. The number of carbonyl (C=O) groups is 1. The number of benzene rings is 1. The first-order chi connectivity index (χ1) is 12.6. The maximum absolute atomic E-state index is 12.1. The van der Waals surface area contributed by atoms with Crippen molar-refractivity contribution in [3.63, 3.8) is 0 Å². The third-order valence-electron chi connectivity index (χ3n) is 6.20. The van der Waals surface area contributed by atoms with Crippen LogP contribution in [0.25, 0.3) is 10.9 Å². The number of likely N-dealkylation sites (N-methyl/N-ethyl adjacent to an activating group) is 1. The van der Waals surface area contributed by atoms with Crippen LogP contribution in [0.5, 0.6) is 0 Å². The molecule has 0 bridgehead atoms. The van der Waals surface area contributed by atoms with E-state index in [1.54, 1.807) is 0 Å². The number of fused-ring (bicyclic) bond motifs is 2. The fourth-order valence-corrected chi connectivity index (χ4v) is 5.07. The van der Waals surface area contributed by atoms with E-state index in [-0.39, 0.29) is 5.91 Å². The largest absolute Gasteiger partial charge is 0.361 e. The minimum Gasteiger partial charge on any atom is -0.361 e. The van der Waals surface area contributed by atoms with E-state index in [2.05, 4.69) is 52.7 Å². The topological polar surface area (TPSA) is 71.9 Å². The lowest BCUT2D eigenvalue weighted by molar-refractivity contribution is -0.123. The van der Waals surface area contributed by atoms with E-state index in [0.29, 0.717) is 30.8 Å². The summed E-state index contributed by atoms with van der Waals surface area (Å²) >= 11 is 0. The molecule has 26 heavy (non-hydrogen) atoms. The number of amides is 1. The predicted octanol–water partition coefficient (Wildman–Crippen LogP) is 2.79. The molecule has 0 spiro atoms. The molecule has 2 N–H and O–H groups in total. The Bertz CT molecular complexity index is 865. The van der Waals surface area contributed by atoms with Crippen molar-refractivity contribution in [2.24, 2.45) is 11.8 Å². The van der Waals surface area contributed by atoms with Crippen LogP contribution in [0.3, 0.4) is 0 Å². The summed E-state index contributed by atoms with van der Waals surface area (Å²) in [6.07, 6.45) is 4.93. The highest BCUT2D eigenvalue weighted by Gasteiger charge is 2.40. The molecule has 1 amide bonds. The number of hydrogen-bond donors (Lipinski definition) is 2. The van der Waals surface area contributed by atoms with Gasteiger partial charge in [0.15, 0.2) is 0 Å². The highest BCUT2D eigenvalue weighted by Crippen LogP contribution is 2.45. The van der Waals surface area contributed by atoms with Crippen LogP contribution in [0, 0.1) is 23.2 Å². The van der Waals surface area contributed by atoms with Crippen LogP contribution in [-0.2, 0) is 11.2 Å². The number of piperidine rings is 1. The molecule has 0 saturated carbocycles. The van der Waals surface area contributed by atoms with Crippen LogP contribution >= 0.6 is 0 Å². The second-order valence-electron chi connectivity index (χ2n) is 7.81. The van der Waals surface area contributed by atoms with Crippen LogP contribution in [0.1, 0.15) is 36.8 Å². The molecule has 4 rings (SSSR count). The van der Waals surface area contributed by atoms with Crippen molar-refractivity contribution < 1.29 is 4.79 Å². The number of likely N-dealkylation sites (tertiary alicyclic amines) is 1. The number of aromatic amines is 1. The molecule has 1 aliphatic carbocycles. The number of nitrogens with zero attached hydrogens (tertiary/aromatic N) is 2. The fraction of sp³-hybridized carbons (Fsp3) is 0.524. The third-order valence-corrected chi connectivity index (χ3v) is 6.20. The van der Waals surface area contributed by atoms with Crippen LogP contribution in [0.15, 0.2) is 24.4 Å². The van der Waals surface area contributed by atoms with Crippen molar-refractivity contribution in [1.82, 2.24) is 15.2 Å². The third kappa shape index (κ3) is 2.79. The molecule has 1 fully saturated rings. The Morgan fingerprint density at radius 1 is 1.50 bits per heavy atom. The lowest BCUT2D eigenvalue weighted by Crippen LogP contribution is -2.48. The van der Waals surface area contributed by atoms with Gasteiger partial charge in [0.25, 0.3) is 0 Å². The lowest BCUT2D eigenvalue weighted by atomic mass is 9.71. The highest BCUT2D eigenvalue weighted by molar-refractivity contribution is 5.88. The van der Waals surface area contributed by atoms with Gasteiger partial charge in [-0.05, 0) is 56.3 Å². The van der Waals surface area contributed by atoms with Gasteiger partial charge in [-0.2, -0.15) is 5.26 Å². The molecule has 2 heterocycles. The zero-order valence-electron chi connectivity index (χ0n) is 15.5. The number of carbonyl (C=O) groups excluding carboxylic acids is 1. The lowest BCUT2D eigenvalue weighted by Gasteiger charge is -2.46. The number of nitriles is 1. The van der Waals surface area contributed by atoms with Crippen LogP contribution in [0.4, 0.5) is 0 Å². The summed E-state index contributed by atoms with van der Waals surface area (Å²) in [5, 5.41) is 13.6. The van der Waals surface area contributed by atoms with Gasteiger partial charge in [-0.25, -0.2) is 0 Å². The molecule has 2 aromatic rings. The van der Waals surface area contributed by atoms with Crippen molar-refractivity contribution in [3.8, 4) is 6.07 Å². The van der Waals surface area contributed by atoms with Crippen molar-refractivity contribution in [2.45, 2.75) is 38.1 Å². The number of H-pyrrole nitrogens is 1. The molecule has 0 radical (unpaired) electrons. The average molecular weight is 350 g/mol. The standard InChI is InChI=1S/C21H26N4O/c1-3-23-21(26)14(10-22)7-13-8-17-16-5-4-6-18-20(16)15(11-24-18)9-19(17)25(2)12-13/h4-6,11,13-14,17,19,24H,3,7-9,12H2,1-2H3,(H,23,26)/t13-,14?,17+,19+/m0/s1. The molecule has 2 aliphatic rings. The Morgan fingerprint density at radius 3 is 3.12 bits per heavy atom. The Hall–Kier alpha value is -2.32. The van der Waals surface area contributed by atoms with E-state index in [1.807, 2.05) is 6.92 Å². The molecule has 5 heteroatoms. The number of aromatic nitrogens is 1. The van der Waals surface area contributed by atoms with E-state index in [9.17, 15) is 10.1 Å². The Morgan fingerprint density at radius 2 is 2.35 bits per heavy atom. The Labute approximate surface area is 154 Å². The first-order valence-corrected chi connectivity index (χ1v) is 9.58. The summed E-state index contributed by atoms with van der Waals surface area (Å²) in [6.45, 7) is 3.42. The second-order valence-corrected chi connectivity index (χ2v) is 7.81. The first-order valence-electron chi connectivity index (χ1n) is 9.58. The maximum Gasteiger partial charge on any atom is 0.237 e. The molecule has 136 valence electrons. The highest BCUT2D eigenvalue weighted by atomic mass is 16.1. The number of rotatable bonds is 4. The Kier molecular flexibility index (Phi) is 4.46. The van der Waals surface area contributed by atoms with Gasteiger partial charge in [0, 0.05) is 42.1 Å². The van der Waals surface area contributed by atoms with Gasteiger partial charge in [-0.1, -0.05) is 12.1 Å². The summed E-state index contributed by atoms with van der Waals surface area (Å²) in [7, 11) is 2.19. The van der Waals surface area contributed by atoms with Crippen molar-refractivity contribution >= 4 is 16.8 Å². The van der Waals surface area contributed by atoms with Gasteiger partial charge < -0.3 is 15.2 Å². The molecule has 1 saturated heterocycles. The SMILES string of the molecule is CCNC(=O)C(C#N)C[C@H]1C[C@@H]2c3cccc4[nH]cc(c34)C[C@H]2N(C)C1. The van der Waals surface area contributed by atoms with Crippen LogP contribution in [-0.4, -0.2) is 42.0 Å². The van der Waals surface area contributed by atoms with Gasteiger partial charge in [-0.3, -0.25) is 4.79 Å². The smallest absolute Gasteiger partial charge is 0.237 e. The van der Waals surface area contributed by atoms with Gasteiger partial charge in [0.2, 0.25) is 5.91 Å². The van der Waals surface area contributed by atoms with Crippen LogP contribution in [0.2, 0.25) is 0 Å². The molecule has 1 aromatic heterocycles. The van der Waals surface area contributed by atoms with Gasteiger partial charge in [0.1, 0.15) is 5.92 Å². The molecule has 1 aliphatic heterocycles. The Balaban J connectivity index is 1.59. The molecule has 1 unspecified atom stereocenters. The monoisotopic (exact) mass is 350 g/mol. The summed E-state index contributed by atoms with van der Waals surface area (Å²) in [6, 6.07) is 9.27. The van der Waals surface area contributed by atoms with Gasteiger partial charge >= 0.3 is 0 Å². The zero-order valence-corrected chi connectivity index (χ0v) is 15.5. The molecule has 4 atom stereocenters. The van der Waals surface area contributed by atoms with Crippen molar-refractivity contribution in [3.05, 3.63) is 35.5 Å². The maximum atomic E-state index is 12.1. The molecule has 5 nitrogen and oxygen atoms in total. The molecular formula is C21H26N4O. The molecule has 1 aromatic carbocycles. The number of hydrogen-bond acceptors (Lipinski definition) is 3. The summed E-state index contributed by atoms with van der Waals surface area (Å²) in [5.74, 6) is 0.161. The number of nitrogens with one attached hydrogen (secondary N) is 2. The summed E-state index contributed by atoms with van der Waals surface area (Å²) in [4.78, 5) is 18.0. The first kappa shape index (κ1) is 17.1. The minimum atomic E-state index is -0.549. The van der Waals surface area contributed by atoms with Gasteiger partial charge in [0.05, 0.1) is 6.07 Å². The average Bonchev–Trinajstić information content (AvgIpc) is 3.05. The second kappa shape index (κ2) is 6.77. The fourth-order valence-electron chi connectivity index (χ4n) is 5.07. The summed E-state index contributed by atoms with van der Waals surface area (Å²) < 4.78 is 0. The van der Waals surface area contributed by atoms with E-state index in [0.717, 1.165) is 19.4 Å². The van der Waals surface area contributed by atoms with Crippen LogP contribution < -0.4 is 5.32 Å². The van der Waals surface area contributed by atoms with Crippen molar-refractivity contribution in [2.75, 3.05) is 20.1 Å². The predicted molar refractivity (Wildman–Crippen MR) is 102 cm³/mol. The van der Waals surface area contributed by atoms with E-state index in [4.69, 9.17) is 0 Å². The van der Waals surface area contributed by atoms with E-state index >= 15 is 0 Å². The minimum absolute atomic E-state index is 0.126. The van der Waals surface area contributed by atoms with Gasteiger partial charge in [-0.15, -0.1) is 0 Å². The summed E-state index contributed by atoms with van der Waals surface area (Å²) in [5.41, 5.74) is 4.07. The normalized spacial score (nSPS) is 26.1. The van der Waals surface area contributed by atoms with Crippen molar-refractivity contribution in [1.29, 1.82) is 5.26 Å². The van der Waals surface area contributed by atoms with E-state index < -0.39 is 5.92 Å².